The zero-order valence-electron chi connectivity index (χ0n) is 13.0. The molecule has 1 atom stereocenters. The van der Waals surface area contributed by atoms with Gasteiger partial charge in [-0.3, -0.25) is 0 Å². The van der Waals surface area contributed by atoms with E-state index in [0.717, 1.165) is 5.56 Å². The first-order valence-electron chi connectivity index (χ1n) is 7.35. The van der Waals surface area contributed by atoms with Gasteiger partial charge in [0, 0.05) is 18.1 Å². The predicted octanol–water partition coefficient (Wildman–Crippen LogP) is 3.43. The quantitative estimate of drug-likeness (QED) is 0.644. The molecular formula is C18H17NO4. The molecule has 0 bridgehead atoms. The van der Waals surface area contributed by atoms with Crippen LogP contribution in [0, 0.1) is 0 Å². The fourth-order valence-corrected chi connectivity index (χ4v) is 2.42. The molecule has 0 aromatic heterocycles. The van der Waals surface area contributed by atoms with E-state index in [-0.39, 0.29) is 6.10 Å². The van der Waals surface area contributed by atoms with Gasteiger partial charge in [-0.1, -0.05) is 23.4 Å². The maximum Gasteiger partial charge on any atom is 0.365 e. The summed E-state index contributed by atoms with van der Waals surface area (Å²) in [5.41, 5.74) is 1.96. The molecule has 0 aliphatic carbocycles. The summed E-state index contributed by atoms with van der Waals surface area (Å²) in [5, 5.41) is 4.05. The van der Waals surface area contributed by atoms with Gasteiger partial charge in [-0.2, -0.15) is 0 Å². The molecule has 0 amide bonds. The van der Waals surface area contributed by atoms with Crippen LogP contribution >= 0.6 is 0 Å². The first-order valence-corrected chi connectivity index (χ1v) is 7.35. The summed E-state index contributed by atoms with van der Waals surface area (Å²) in [7, 11) is 1.60. The van der Waals surface area contributed by atoms with Crippen LogP contribution in [0.15, 0.2) is 53.7 Å². The number of benzene rings is 2. The highest BCUT2D eigenvalue weighted by Crippen LogP contribution is 2.31. The molecule has 2 aromatic carbocycles. The van der Waals surface area contributed by atoms with E-state index < -0.39 is 5.97 Å². The molecule has 1 aliphatic heterocycles. The molecule has 0 fully saturated rings. The standard InChI is InChI=1S/C18H17NO4/c1-12-10-16(15-9-8-14(21-2)11-17(15)22-12)19-23-18(20)13-6-4-3-5-7-13/h3-9,11-12H,10H2,1-2H3/b19-16+/t12-/m0/s1. The van der Waals surface area contributed by atoms with Gasteiger partial charge >= 0.3 is 5.97 Å². The third-order valence-electron chi connectivity index (χ3n) is 3.56. The van der Waals surface area contributed by atoms with Gasteiger partial charge in [0.1, 0.15) is 17.6 Å². The molecule has 0 N–H and O–H groups in total. The second-order valence-corrected chi connectivity index (χ2v) is 5.28. The van der Waals surface area contributed by atoms with E-state index in [9.17, 15) is 4.79 Å². The number of nitrogens with zero attached hydrogens (tertiary/aromatic N) is 1. The van der Waals surface area contributed by atoms with E-state index in [1.807, 2.05) is 25.1 Å². The molecule has 23 heavy (non-hydrogen) atoms. The van der Waals surface area contributed by atoms with E-state index in [0.29, 0.717) is 29.2 Å². The Kier molecular flexibility index (Phi) is 4.28. The number of methoxy groups -OCH3 is 1. The van der Waals surface area contributed by atoms with Crippen LogP contribution in [0.4, 0.5) is 0 Å². The third kappa shape index (κ3) is 3.34. The molecule has 0 spiro atoms. The van der Waals surface area contributed by atoms with Gasteiger partial charge in [-0.25, -0.2) is 4.79 Å². The minimum absolute atomic E-state index is 0.0521. The maximum absolute atomic E-state index is 12.0. The lowest BCUT2D eigenvalue weighted by molar-refractivity contribution is 0.0513. The van der Waals surface area contributed by atoms with Crippen molar-refractivity contribution in [3.8, 4) is 11.5 Å². The van der Waals surface area contributed by atoms with Crippen LogP contribution in [0.25, 0.3) is 0 Å². The number of hydrogen-bond donors (Lipinski definition) is 0. The van der Waals surface area contributed by atoms with Gasteiger partial charge in [0.05, 0.1) is 18.4 Å². The van der Waals surface area contributed by atoms with Crippen LogP contribution in [0.1, 0.15) is 29.3 Å². The first-order chi connectivity index (χ1) is 11.2. The molecule has 0 unspecified atom stereocenters. The van der Waals surface area contributed by atoms with Gasteiger partial charge in [0.25, 0.3) is 0 Å². The number of ether oxygens (including phenoxy) is 2. The molecule has 5 heteroatoms. The summed E-state index contributed by atoms with van der Waals surface area (Å²) in [4.78, 5) is 17.1. The SMILES string of the molecule is COc1ccc2c(c1)O[C@@H](C)C/C2=N\OC(=O)c1ccccc1. The number of fused-ring (bicyclic) bond motifs is 1. The van der Waals surface area contributed by atoms with Crippen LogP contribution in [-0.2, 0) is 4.84 Å². The highest BCUT2D eigenvalue weighted by molar-refractivity contribution is 6.04. The van der Waals surface area contributed by atoms with Crippen molar-refractivity contribution >= 4 is 11.7 Å². The smallest absolute Gasteiger partial charge is 0.365 e. The molecule has 3 rings (SSSR count). The van der Waals surface area contributed by atoms with Crippen LogP contribution in [0.5, 0.6) is 11.5 Å². The molecule has 0 radical (unpaired) electrons. The highest BCUT2D eigenvalue weighted by Gasteiger charge is 2.23. The molecule has 0 saturated heterocycles. The van der Waals surface area contributed by atoms with Crippen molar-refractivity contribution in [1.82, 2.24) is 0 Å². The van der Waals surface area contributed by atoms with Crippen LogP contribution in [-0.4, -0.2) is 24.9 Å². The van der Waals surface area contributed by atoms with Crippen molar-refractivity contribution in [3.05, 3.63) is 59.7 Å². The minimum Gasteiger partial charge on any atom is -0.497 e. The molecule has 2 aromatic rings. The fraction of sp³-hybridized carbons (Fsp3) is 0.222. The van der Waals surface area contributed by atoms with Crippen LogP contribution < -0.4 is 9.47 Å². The second-order valence-electron chi connectivity index (χ2n) is 5.28. The lowest BCUT2D eigenvalue weighted by Gasteiger charge is -2.24. The Morgan fingerprint density at radius 3 is 2.74 bits per heavy atom. The minimum atomic E-state index is -0.479. The van der Waals surface area contributed by atoms with Crippen LogP contribution in [0.3, 0.4) is 0 Å². The summed E-state index contributed by atoms with van der Waals surface area (Å²) in [6.07, 6.45) is 0.519. The topological polar surface area (TPSA) is 57.1 Å². The van der Waals surface area contributed by atoms with Crippen molar-refractivity contribution in [2.45, 2.75) is 19.4 Å². The molecule has 118 valence electrons. The third-order valence-corrected chi connectivity index (χ3v) is 3.56. The van der Waals surface area contributed by atoms with E-state index in [1.165, 1.54) is 0 Å². The van der Waals surface area contributed by atoms with E-state index in [1.54, 1.807) is 37.4 Å². The number of rotatable bonds is 3. The maximum atomic E-state index is 12.0. The number of oxime groups is 1. The molecular weight excluding hydrogens is 294 g/mol. The van der Waals surface area contributed by atoms with Crippen LogP contribution in [0.2, 0.25) is 0 Å². The molecule has 5 nitrogen and oxygen atoms in total. The Morgan fingerprint density at radius 2 is 2.00 bits per heavy atom. The average Bonchev–Trinajstić information content (AvgIpc) is 2.59. The van der Waals surface area contributed by atoms with E-state index in [2.05, 4.69) is 5.16 Å². The van der Waals surface area contributed by atoms with E-state index in [4.69, 9.17) is 14.3 Å². The Hall–Kier alpha value is -2.82. The second kappa shape index (κ2) is 6.52. The lowest BCUT2D eigenvalue weighted by Crippen LogP contribution is -2.25. The molecule has 1 heterocycles. The zero-order valence-corrected chi connectivity index (χ0v) is 13.0. The van der Waals surface area contributed by atoms with Crippen molar-refractivity contribution in [3.63, 3.8) is 0 Å². The average molecular weight is 311 g/mol. The Balaban J connectivity index is 1.84. The largest absolute Gasteiger partial charge is 0.497 e. The lowest BCUT2D eigenvalue weighted by atomic mass is 10.0. The summed E-state index contributed by atoms with van der Waals surface area (Å²) in [6.45, 7) is 1.94. The normalized spacial score (nSPS) is 18.0. The van der Waals surface area contributed by atoms with Gasteiger partial charge < -0.3 is 14.3 Å². The zero-order chi connectivity index (χ0) is 16.2. The van der Waals surface area contributed by atoms with Crippen molar-refractivity contribution in [2.24, 2.45) is 5.16 Å². The summed E-state index contributed by atoms with van der Waals surface area (Å²) >= 11 is 0. The monoisotopic (exact) mass is 311 g/mol. The van der Waals surface area contributed by atoms with Crippen molar-refractivity contribution in [2.75, 3.05) is 7.11 Å². The Labute approximate surface area is 134 Å². The van der Waals surface area contributed by atoms with Gasteiger partial charge in [-0.15, -0.1) is 0 Å². The number of carbonyl (C=O) groups excluding carboxylic acids is 1. The number of hydrogen-bond acceptors (Lipinski definition) is 5. The molecule has 0 saturated carbocycles. The summed E-state index contributed by atoms with van der Waals surface area (Å²) in [5.74, 6) is 0.906. The molecule has 1 aliphatic rings. The highest BCUT2D eigenvalue weighted by atomic mass is 16.7. The van der Waals surface area contributed by atoms with Crippen molar-refractivity contribution in [1.29, 1.82) is 0 Å². The fourth-order valence-electron chi connectivity index (χ4n) is 2.42. The Morgan fingerprint density at radius 1 is 1.22 bits per heavy atom. The predicted molar refractivity (Wildman–Crippen MR) is 86.1 cm³/mol. The summed E-state index contributed by atoms with van der Waals surface area (Å²) in [6, 6.07) is 14.3. The number of carbonyl (C=O) groups is 1. The van der Waals surface area contributed by atoms with Crippen molar-refractivity contribution < 1.29 is 19.1 Å². The van der Waals surface area contributed by atoms with Gasteiger partial charge in [-0.05, 0) is 31.2 Å². The van der Waals surface area contributed by atoms with Gasteiger partial charge in [0.2, 0.25) is 0 Å². The Bertz CT molecular complexity index is 740. The van der Waals surface area contributed by atoms with Gasteiger partial charge in [0.15, 0.2) is 0 Å². The van der Waals surface area contributed by atoms with E-state index >= 15 is 0 Å². The first kappa shape index (κ1) is 15.1. The summed E-state index contributed by atoms with van der Waals surface area (Å²) < 4.78 is 11.0.